The van der Waals surface area contributed by atoms with Crippen molar-refractivity contribution in [2.45, 2.75) is 45.3 Å². The topological polar surface area (TPSA) is 82.4 Å². The van der Waals surface area contributed by atoms with Crippen molar-refractivity contribution >= 4 is 12.0 Å². The standard InChI is InChI=1S/C18H25N3O3/c1-18(2,3)24-17(23)20-15(13-14-9-6-5-7-10-14)16(22)21(4)12-8-11-19/h5-7,9-10,15H,8,12-13H2,1-4H3,(H,20,23)/t15-/m1/s1. The van der Waals surface area contributed by atoms with Gasteiger partial charge in [-0.15, -0.1) is 0 Å². The second-order valence-electron chi connectivity index (χ2n) is 6.56. The third-order valence-corrected chi connectivity index (χ3v) is 3.21. The van der Waals surface area contributed by atoms with Gasteiger partial charge in [0.1, 0.15) is 11.6 Å². The van der Waals surface area contributed by atoms with Crippen molar-refractivity contribution in [2.75, 3.05) is 13.6 Å². The number of nitriles is 1. The molecule has 0 saturated heterocycles. The normalized spacial score (nSPS) is 12.0. The molecule has 6 nitrogen and oxygen atoms in total. The maximum atomic E-state index is 12.6. The lowest BCUT2D eigenvalue weighted by Gasteiger charge is -2.26. The molecule has 0 radical (unpaired) electrons. The highest BCUT2D eigenvalue weighted by atomic mass is 16.6. The zero-order valence-corrected chi connectivity index (χ0v) is 14.7. The summed E-state index contributed by atoms with van der Waals surface area (Å²) in [7, 11) is 1.62. The van der Waals surface area contributed by atoms with Gasteiger partial charge < -0.3 is 15.0 Å². The minimum Gasteiger partial charge on any atom is -0.444 e. The van der Waals surface area contributed by atoms with E-state index in [2.05, 4.69) is 5.32 Å². The second-order valence-corrected chi connectivity index (χ2v) is 6.56. The second kappa shape index (κ2) is 8.92. The molecule has 2 amide bonds. The Bertz CT molecular complexity index is 588. The number of hydrogen-bond donors (Lipinski definition) is 1. The van der Waals surface area contributed by atoms with Crippen LogP contribution in [0.1, 0.15) is 32.8 Å². The van der Waals surface area contributed by atoms with Crippen LogP contribution in [0.2, 0.25) is 0 Å². The summed E-state index contributed by atoms with van der Waals surface area (Å²) in [6.45, 7) is 5.61. The quantitative estimate of drug-likeness (QED) is 0.868. The molecule has 130 valence electrons. The summed E-state index contributed by atoms with van der Waals surface area (Å²) in [6.07, 6.45) is -0.0341. The van der Waals surface area contributed by atoms with Crippen LogP contribution in [0.4, 0.5) is 4.79 Å². The van der Waals surface area contributed by atoms with E-state index in [-0.39, 0.29) is 12.3 Å². The highest BCUT2D eigenvalue weighted by molar-refractivity contribution is 5.85. The Morgan fingerprint density at radius 2 is 1.92 bits per heavy atom. The first-order chi connectivity index (χ1) is 11.2. The first kappa shape index (κ1) is 19.5. The van der Waals surface area contributed by atoms with E-state index >= 15 is 0 Å². The Labute approximate surface area is 143 Å². The van der Waals surface area contributed by atoms with E-state index in [4.69, 9.17) is 10.00 Å². The number of hydrogen-bond acceptors (Lipinski definition) is 4. The van der Waals surface area contributed by atoms with Crippen LogP contribution in [-0.4, -0.2) is 42.1 Å². The summed E-state index contributed by atoms with van der Waals surface area (Å²) < 4.78 is 5.24. The van der Waals surface area contributed by atoms with E-state index in [0.717, 1.165) is 5.56 Å². The highest BCUT2D eigenvalue weighted by Gasteiger charge is 2.26. The lowest BCUT2D eigenvalue weighted by molar-refractivity contribution is -0.132. The number of rotatable bonds is 6. The van der Waals surface area contributed by atoms with Crippen molar-refractivity contribution in [2.24, 2.45) is 0 Å². The summed E-state index contributed by atoms with van der Waals surface area (Å²) in [5.41, 5.74) is 0.289. The first-order valence-electron chi connectivity index (χ1n) is 7.88. The Morgan fingerprint density at radius 1 is 1.29 bits per heavy atom. The van der Waals surface area contributed by atoms with Crippen LogP contribution in [0.5, 0.6) is 0 Å². The largest absolute Gasteiger partial charge is 0.444 e. The van der Waals surface area contributed by atoms with Gasteiger partial charge in [0.25, 0.3) is 0 Å². The van der Waals surface area contributed by atoms with Crippen LogP contribution in [0.15, 0.2) is 30.3 Å². The lowest BCUT2D eigenvalue weighted by atomic mass is 10.0. The van der Waals surface area contributed by atoms with E-state index in [1.807, 2.05) is 36.4 Å². The molecule has 1 aromatic carbocycles. The van der Waals surface area contributed by atoms with Gasteiger partial charge >= 0.3 is 6.09 Å². The number of carbonyl (C=O) groups is 2. The number of ether oxygens (including phenoxy) is 1. The van der Waals surface area contributed by atoms with E-state index in [0.29, 0.717) is 13.0 Å². The number of carbonyl (C=O) groups excluding carboxylic acids is 2. The van der Waals surface area contributed by atoms with Gasteiger partial charge in [-0.25, -0.2) is 4.79 Å². The van der Waals surface area contributed by atoms with Crippen molar-refractivity contribution in [1.29, 1.82) is 5.26 Å². The predicted octanol–water partition coefficient (Wildman–Crippen LogP) is 2.49. The summed E-state index contributed by atoms with van der Waals surface area (Å²) in [5, 5.41) is 11.3. The molecule has 0 unspecified atom stereocenters. The smallest absolute Gasteiger partial charge is 0.408 e. The molecule has 0 fully saturated rings. The highest BCUT2D eigenvalue weighted by Crippen LogP contribution is 2.10. The van der Waals surface area contributed by atoms with Crippen molar-refractivity contribution in [3.8, 4) is 6.07 Å². The molecular weight excluding hydrogens is 306 g/mol. The van der Waals surface area contributed by atoms with Gasteiger partial charge in [-0.1, -0.05) is 30.3 Å². The number of nitrogens with zero attached hydrogens (tertiary/aromatic N) is 2. The molecular formula is C18H25N3O3. The molecule has 0 heterocycles. The molecule has 0 bridgehead atoms. The molecule has 1 aromatic rings. The molecule has 0 aliphatic heterocycles. The van der Waals surface area contributed by atoms with Gasteiger partial charge in [0, 0.05) is 20.0 Å². The fraction of sp³-hybridized carbons (Fsp3) is 0.500. The van der Waals surface area contributed by atoms with Crippen molar-refractivity contribution in [3.63, 3.8) is 0 Å². The number of alkyl carbamates (subject to hydrolysis) is 1. The van der Waals surface area contributed by atoms with Gasteiger partial charge in [-0.05, 0) is 26.3 Å². The third-order valence-electron chi connectivity index (χ3n) is 3.21. The number of likely N-dealkylation sites (N-methyl/N-ethyl adjacent to an activating group) is 1. The maximum absolute atomic E-state index is 12.6. The zero-order valence-electron chi connectivity index (χ0n) is 14.7. The Hall–Kier alpha value is -2.55. The average Bonchev–Trinajstić information content (AvgIpc) is 2.50. The lowest BCUT2D eigenvalue weighted by Crippen LogP contribution is -2.50. The molecule has 0 aromatic heterocycles. The van der Waals surface area contributed by atoms with Gasteiger partial charge in [0.15, 0.2) is 0 Å². The van der Waals surface area contributed by atoms with Gasteiger partial charge in [-0.2, -0.15) is 5.26 Å². The van der Waals surface area contributed by atoms with Crippen LogP contribution in [-0.2, 0) is 16.0 Å². The molecule has 1 N–H and O–H groups in total. The van der Waals surface area contributed by atoms with E-state index in [1.165, 1.54) is 4.90 Å². The molecule has 0 aliphatic rings. The van der Waals surface area contributed by atoms with Crippen LogP contribution >= 0.6 is 0 Å². The minimum atomic E-state index is -0.744. The SMILES string of the molecule is CN(CCC#N)C(=O)[C@@H](Cc1ccccc1)NC(=O)OC(C)(C)C. The fourth-order valence-electron chi connectivity index (χ4n) is 2.09. The van der Waals surface area contributed by atoms with Crippen LogP contribution in [0, 0.1) is 11.3 Å². The van der Waals surface area contributed by atoms with Crippen molar-refractivity contribution in [1.82, 2.24) is 10.2 Å². The molecule has 0 saturated carbocycles. The molecule has 1 atom stereocenters. The van der Waals surface area contributed by atoms with Gasteiger partial charge in [0.05, 0.1) is 12.5 Å². The molecule has 24 heavy (non-hydrogen) atoms. The third kappa shape index (κ3) is 7.14. The molecule has 6 heteroatoms. The molecule has 1 rings (SSSR count). The fourth-order valence-corrected chi connectivity index (χ4v) is 2.09. The summed E-state index contributed by atoms with van der Waals surface area (Å²) in [6, 6.07) is 10.7. The Kier molecular flexibility index (Phi) is 7.25. The van der Waals surface area contributed by atoms with Crippen LogP contribution in [0.25, 0.3) is 0 Å². The maximum Gasteiger partial charge on any atom is 0.408 e. The van der Waals surface area contributed by atoms with Gasteiger partial charge in [-0.3, -0.25) is 4.79 Å². The van der Waals surface area contributed by atoms with Crippen LogP contribution in [0.3, 0.4) is 0 Å². The molecule has 0 spiro atoms. The zero-order chi connectivity index (χ0) is 18.2. The Balaban J connectivity index is 2.84. The van der Waals surface area contributed by atoms with Crippen LogP contribution < -0.4 is 5.32 Å². The predicted molar refractivity (Wildman–Crippen MR) is 91.2 cm³/mol. The van der Waals surface area contributed by atoms with E-state index in [1.54, 1.807) is 27.8 Å². The van der Waals surface area contributed by atoms with E-state index < -0.39 is 17.7 Å². The summed E-state index contributed by atoms with van der Waals surface area (Å²) in [5.74, 6) is -0.250. The number of amides is 2. The summed E-state index contributed by atoms with van der Waals surface area (Å²) >= 11 is 0. The monoisotopic (exact) mass is 331 g/mol. The molecule has 0 aliphatic carbocycles. The van der Waals surface area contributed by atoms with Crippen molar-refractivity contribution < 1.29 is 14.3 Å². The first-order valence-corrected chi connectivity index (χ1v) is 7.88. The van der Waals surface area contributed by atoms with Crippen molar-refractivity contribution in [3.05, 3.63) is 35.9 Å². The van der Waals surface area contributed by atoms with Gasteiger partial charge in [0.2, 0.25) is 5.91 Å². The summed E-state index contributed by atoms with van der Waals surface area (Å²) in [4.78, 5) is 26.1. The average molecular weight is 331 g/mol. The minimum absolute atomic E-state index is 0.243. The number of benzene rings is 1. The number of nitrogens with one attached hydrogen (secondary N) is 1. The van der Waals surface area contributed by atoms with E-state index in [9.17, 15) is 9.59 Å². The Morgan fingerprint density at radius 3 is 2.46 bits per heavy atom.